The number of carbonyl (C=O) groups excluding carboxylic acids is 2. The van der Waals surface area contributed by atoms with Crippen LogP contribution in [0.15, 0.2) is 50.0 Å². The number of carboxylic acids is 1. The van der Waals surface area contributed by atoms with Gasteiger partial charge in [-0.05, 0) is 18.0 Å². The van der Waals surface area contributed by atoms with Gasteiger partial charge >= 0.3 is 65.1 Å². The van der Waals surface area contributed by atoms with E-state index < -0.39 is 40.4 Å². The number of aliphatic carboxylic acids is 1. The predicted octanol–water partition coefficient (Wildman–Crippen LogP) is -6.74. The van der Waals surface area contributed by atoms with E-state index in [9.17, 15) is 34.6 Å². The third kappa shape index (κ3) is 6.64. The van der Waals surface area contributed by atoms with Crippen LogP contribution in [0.25, 0.3) is 11.4 Å². The van der Waals surface area contributed by atoms with Gasteiger partial charge in [0.25, 0.3) is 11.8 Å². The van der Waals surface area contributed by atoms with Crippen molar-refractivity contribution in [2.45, 2.75) is 18.0 Å². The number of nitrogens with zero attached hydrogens (tertiary/aromatic N) is 5. The number of carboxylic acid groups (broad SMARTS) is 1. The standard InChI is InChI=1S/C21H16N7O9S2.2Na/c22-21-23-10(7-39-21)15(17(31)24-16-18(32)28-11(20(33)34)1-2-38-19(16)28)26-36-6-8-3-9(25-37-8)12-4-13(29)14(30)5-27(12)35;;/h1,3-5,7,16,19,30H,2,6H2,(H2,22,23)(H,24,31)(H,33,34);;/q-1;2*+1/p-1/b26-15-;;/t16-,19-;;/m1../s1. The van der Waals surface area contributed by atoms with Gasteiger partial charge in [-0.3, -0.25) is 19.3 Å². The smallest absolute Gasteiger partial charge is 0.869 e. The molecule has 5 rings (SSSR count). The van der Waals surface area contributed by atoms with Gasteiger partial charge in [0.05, 0.1) is 5.69 Å². The van der Waals surface area contributed by atoms with Crippen LogP contribution in [0.5, 0.6) is 5.75 Å². The van der Waals surface area contributed by atoms with Crippen molar-refractivity contribution in [3.63, 3.8) is 0 Å². The summed E-state index contributed by atoms with van der Waals surface area (Å²) in [6.07, 6.45) is 2.00. The van der Waals surface area contributed by atoms with E-state index in [1.54, 1.807) is 0 Å². The molecule has 0 unspecified atom stereocenters. The van der Waals surface area contributed by atoms with E-state index in [-0.39, 0.29) is 110 Å². The number of nitrogens with two attached hydrogens (primary N) is 1. The molecule has 0 saturated carbocycles. The quantitative estimate of drug-likeness (QED) is 0.0920. The van der Waals surface area contributed by atoms with Gasteiger partial charge in [0.2, 0.25) is 0 Å². The van der Waals surface area contributed by atoms with Crippen LogP contribution >= 0.6 is 23.1 Å². The van der Waals surface area contributed by atoms with Crippen LogP contribution in [0.3, 0.4) is 0 Å². The normalized spacial score (nSPS) is 17.8. The molecule has 5 heterocycles. The summed E-state index contributed by atoms with van der Waals surface area (Å²) in [5, 5.41) is 43.6. The number of pyridine rings is 1. The van der Waals surface area contributed by atoms with Gasteiger partial charge in [0.15, 0.2) is 28.6 Å². The second-order valence-corrected chi connectivity index (χ2v) is 9.99. The number of hydrogen-bond donors (Lipinski definition) is 3. The molecule has 4 N–H and O–H groups in total. The molecule has 0 aliphatic carbocycles. The van der Waals surface area contributed by atoms with Crippen LogP contribution in [-0.2, 0) is 25.8 Å². The maximum absolute atomic E-state index is 13.1. The summed E-state index contributed by atoms with van der Waals surface area (Å²) >= 11 is 2.32. The van der Waals surface area contributed by atoms with Crippen LogP contribution in [0.4, 0.5) is 5.13 Å². The molecule has 2 atom stereocenters. The molecular weight excluding hydrogens is 604 g/mol. The molecular formula is C21H15N7Na2O9S2. The maximum Gasteiger partial charge on any atom is 1.00 e. The van der Waals surface area contributed by atoms with E-state index in [4.69, 9.17) is 15.1 Å². The number of anilines is 1. The number of hydrogen-bond acceptors (Lipinski definition) is 14. The molecule has 0 radical (unpaired) electrons. The van der Waals surface area contributed by atoms with E-state index >= 15 is 0 Å². The summed E-state index contributed by atoms with van der Waals surface area (Å²) in [7, 11) is 0. The average Bonchev–Trinajstić information content (AvgIpc) is 3.55. The Balaban J connectivity index is 0.00000231. The van der Waals surface area contributed by atoms with Gasteiger partial charge in [-0.15, -0.1) is 23.1 Å². The molecule has 3 aromatic rings. The first-order valence-corrected chi connectivity index (χ1v) is 12.7. The Morgan fingerprint density at radius 3 is 2.76 bits per heavy atom. The van der Waals surface area contributed by atoms with E-state index in [1.807, 2.05) is 0 Å². The van der Waals surface area contributed by atoms with Crippen LogP contribution in [0.2, 0.25) is 0 Å². The summed E-state index contributed by atoms with van der Waals surface area (Å²) in [4.78, 5) is 59.0. The number of thiazole rings is 1. The number of nitrogen functional groups attached to an aromatic ring is 1. The van der Waals surface area contributed by atoms with Gasteiger partial charge in [0.1, 0.15) is 28.5 Å². The molecule has 0 aromatic carbocycles. The van der Waals surface area contributed by atoms with Crippen LogP contribution in [-0.4, -0.2) is 65.5 Å². The first-order valence-electron chi connectivity index (χ1n) is 10.8. The fourth-order valence-corrected chi connectivity index (χ4v) is 5.44. The summed E-state index contributed by atoms with van der Waals surface area (Å²) in [5.41, 5.74) is 4.13. The number of oxime groups is 1. The second-order valence-electron chi connectivity index (χ2n) is 7.95. The van der Waals surface area contributed by atoms with Crippen molar-refractivity contribution < 1.29 is 93.1 Å². The van der Waals surface area contributed by atoms with E-state index in [0.717, 1.165) is 22.3 Å². The van der Waals surface area contributed by atoms with Crippen LogP contribution in [0.1, 0.15) is 11.5 Å². The average molecular weight is 620 g/mol. The molecule has 202 valence electrons. The van der Waals surface area contributed by atoms with Gasteiger partial charge in [-0.1, -0.05) is 10.3 Å². The number of carbonyl (C=O) groups is 3. The van der Waals surface area contributed by atoms with Crippen LogP contribution in [0, 0.1) is 5.21 Å². The SMILES string of the molecule is Nc1nc(/C(=N/OCc2cc(-c3cc(=O)c([O-])cn3[O-])no2)C(=O)N[C@@H]2C(=O)N3C(C(=O)O)=CCS[C@H]23)cs1.[Na+].[Na+]. The Morgan fingerprint density at radius 2 is 2.07 bits per heavy atom. The molecule has 2 amide bonds. The second kappa shape index (κ2) is 13.4. The third-order valence-electron chi connectivity index (χ3n) is 5.50. The Bertz CT molecular complexity index is 1620. The molecule has 2 aliphatic heterocycles. The Labute approximate surface area is 281 Å². The van der Waals surface area contributed by atoms with Crippen molar-refractivity contribution in [1.29, 1.82) is 0 Å². The topological polar surface area (TPSA) is 241 Å². The van der Waals surface area contributed by atoms with E-state index in [1.165, 1.54) is 29.3 Å². The van der Waals surface area contributed by atoms with Crippen molar-refractivity contribution in [2.75, 3.05) is 11.5 Å². The van der Waals surface area contributed by atoms with Crippen molar-refractivity contribution in [3.8, 4) is 17.1 Å². The van der Waals surface area contributed by atoms with Gasteiger partial charge in [-0.25, -0.2) is 9.78 Å². The monoisotopic (exact) mass is 619 g/mol. The van der Waals surface area contributed by atoms with E-state index in [0.29, 0.717) is 11.9 Å². The first kappa shape index (κ1) is 32.7. The summed E-state index contributed by atoms with van der Waals surface area (Å²) in [5.74, 6) is -3.23. The minimum atomic E-state index is -1.25. The zero-order chi connectivity index (χ0) is 27.8. The summed E-state index contributed by atoms with van der Waals surface area (Å²) in [6.45, 7) is -0.368. The number of fused-ring (bicyclic) bond motifs is 1. The molecule has 16 nitrogen and oxygen atoms in total. The summed E-state index contributed by atoms with van der Waals surface area (Å²) in [6, 6.07) is 1.10. The minimum absolute atomic E-state index is 0. The fraction of sp³-hybridized carbons (Fsp3) is 0.190. The Morgan fingerprint density at radius 1 is 1.32 bits per heavy atom. The van der Waals surface area contributed by atoms with E-state index in [2.05, 4.69) is 20.6 Å². The predicted molar refractivity (Wildman–Crippen MR) is 133 cm³/mol. The summed E-state index contributed by atoms with van der Waals surface area (Å²) < 4.78 is 5.26. The fourth-order valence-electron chi connectivity index (χ4n) is 3.70. The van der Waals surface area contributed by atoms with Crippen molar-refractivity contribution in [3.05, 3.63) is 62.4 Å². The number of thioether (sulfide) groups is 1. The number of β-lactam (4-membered cyclic amide) rings is 1. The van der Waals surface area contributed by atoms with Crippen LogP contribution < -0.4 is 80.7 Å². The Kier molecular flexibility index (Phi) is 10.7. The molecule has 0 bridgehead atoms. The van der Waals surface area contributed by atoms with Crippen molar-refractivity contribution >= 4 is 51.7 Å². The zero-order valence-electron chi connectivity index (χ0n) is 21.3. The molecule has 3 aromatic heterocycles. The Hall–Kier alpha value is -2.84. The number of nitrogens with one attached hydrogen (secondary N) is 1. The molecule has 1 fully saturated rings. The van der Waals surface area contributed by atoms with Gasteiger partial charge in [0, 0.05) is 23.3 Å². The molecule has 1 saturated heterocycles. The first-order chi connectivity index (χ1) is 18.6. The van der Waals surface area contributed by atoms with Crippen molar-refractivity contribution in [1.82, 2.24) is 25.1 Å². The number of aromatic nitrogens is 3. The van der Waals surface area contributed by atoms with Crippen molar-refractivity contribution in [2.24, 2.45) is 5.16 Å². The minimum Gasteiger partial charge on any atom is -0.869 e. The third-order valence-corrected chi connectivity index (χ3v) is 7.36. The van der Waals surface area contributed by atoms with Gasteiger partial charge in [-0.2, -0.15) is 0 Å². The van der Waals surface area contributed by atoms with Gasteiger partial charge < -0.3 is 40.6 Å². The molecule has 2 aliphatic rings. The zero-order valence-corrected chi connectivity index (χ0v) is 26.9. The number of rotatable bonds is 8. The molecule has 20 heteroatoms. The number of amides is 2. The largest absolute Gasteiger partial charge is 1.00 e. The molecule has 41 heavy (non-hydrogen) atoms. The molecule has 0 spiro atoms. The maximum atomic E-state index is 13.1.